The second-order valence-electron chi connectivity index (χ2n) is 7.69. The number of carbonyl (C=O) groups is 1. The molecular weight excluding hydrogens is 466 g/mol. The lowest BCUT2D eigenvalue weighted by atomic mass is 9.81. The zero-order chi connectivity index (χ0) is 23.7. The Morgan fingerprint density at radius 2 is 1.71 bits per heavy atom. The molecule has 0 bridgehead atoms. The molecule has 7 heteroatoms. The van der Waals surface area contributed by atoms with E-state index < -0.39 is 0 Å². The summed E-state index contributed by atoms with van der Waals surface area (Å²) in [6.07, 6.45) is 1.89. The summed E-state index contributed by atoms with van der Waals surface area (Å²) in [5, 5.41) is 2.71. The molecule has 1 atom stereocenters. The molecule has 2 aliphatic rings. The summed E-state index contributed by atoms with van der Waals surface area (Å²) < 4.78 is 17.9. The van der Waals surface area contributed by atoms with Crippen LogP contribution in [0.2, 0.25) is 0 Å². The fraction of sp³-hybridized carbons (Fsp3) is 0.111. The van der Waals surface area contributed by atoms with Crippen LogP contribution < -0.4 is 19.5 Å². The van der Waals surface area contributed by atoms with Crippen molar-refractivity contribution >= 4 is 40.0 Å². The summed E-state index contributed by atoms with van der Waals surface area (Å²) in [5.74, 6) is 2.27. The van der Waals surface area contributed by atoms with Crippen LogP contribution in [0.4, 0.5) is 0 Å². The number of rotatable bonds is 5. The van der Waals surface area contributed by atoms with Crippen molar-refractivity contribution in [1.29, 1.82) is 0 Å². The lowest BCUT2D eigenvalue weighted by Crippen LogP contribution is -2.19. The number of hydrogen-bond donors (Lipinski definition) is 1. The molecule has 0 saturated carbocycles. The van der Waals surface area contributed by atoms with Crippen molar-refractivity contribution < 1.29 is 19.0 Å². The molecule has 1 saturated heterocycles. The summed E-state index contributed by atoms with van der Waals surface area (Å²) in [4.78, 5) is 13.1. The highest BCUT2D eigenvalue weighted by Gasteiger charge is 2.33. The number of ether oxygens (including phenoxy) is 3. The first-order valence-electron chi connectivity index (χ1n) is 10.6. The van der Waals surface area contributed by atoms with Crippen LogP contribution in [0, 0.1) is 0 Å². The molecule has 2 heterocycles. The summed E-state index contributed by atoms with van der Waals surface area (Å²) in [7, 11) is 3.20. The van der Waals surface area contributed by atoms with Crippen molar-refractivity contribution in [2.75, 3.05) is 14.2 Å². The Balaban J connectivity index is 1.78. The molecule has 0 aromatic heterocycles. The molecule has 3 aromatic carbocycles. The van der Waals surface area contributed by atoms with Crippen LogP contribution in [0.3, 0.4) is 0 Å². The third-order valence-electron chi connectivity index (χ3n) is 5.72. The normalized spacial score (nSPS) is 18.4. The number of amides is 1. The molecule has 0 radical (unpaired) electrons. The molecule has 1 unspecified atom stereocenters. The van der Waals surface area contributed by atoms with Gasteiger partial charge in [0.1, 0.15) is 15.8 Å². The minimum Gasteiger partial charge on any atom is -0.493 e. The van der Waals surface area contributed by atoms with Crippen LogP contribution in [0.15, 0.2) is 89.4 Å². The van der Waals surface area contributed by atoms with Gasteiger partial charge in [-0.05, 0) is 35.9 Å². The number of methoxy groups -OCH3 is 2. The lowest BCUT2D eigenvalue weighted by Gasteiger charge is -2.30. The second-order valence-corrected chi connectivity index (χ2v) is 9.41. The molecule has 5 nitrogen and oxygen atoms in total. The first-order chi connectivity index (χ1) is 16.6. The number of benzene rings is 3. The van der Waals surface area contributed by atoms with E-state index in [2.05, 4.69) is 23.5 Å². The Morgan fingerprint density at radius 1 is 0.971 bits per heavy atom. The topological polar surface area (TPSA) is 56.8 Å². The Morgan fingerprint density at radius 3 is 2.41 bits per heavy atom. The third-order valence-corrected chi connectivity index (χ3v) is 6.89. The molecule has 1 N–H and O–H groups in total. The maximum atomic E-state index is 12.6. The minimum atomic E-state index is -0.208. The van der Waals surface area contributed by atoms with Gasteiger partial charge in [0, 0.05) is 22.6 Å². The van der Waals surface area contributed by atoms with Crippen molar-refractivity contribution in [1.82, 2.24) is 5.32 Å². The van der Waals surface area contributed by atoms with E-state index in [1.165, 1.54) is 11.8 Å². The number of thioether (sulfide) groups is 1. The van der Waals surface area contributed by atoms with E-state index in [1.807, 2.05) is 60.7 Å². The standard InChI is InChI=1S/C27H21NO4S2/c1-30-21-13-12-17(14-22(21)31-2)25-19(15-23-26(29)28-27(33)34-23)24(16-8-4-3-5-9-16)18-10-6-7-11-20(18)32-25/h3-15,24H,1-2H3,(H,28,29,33)/b23-15-. The van der Waals surface area contributed by atoms with Crippen LogP contribution in [-0.2, 0) is 4.79 Å². The Kier molecular flexibility index (Phi) is 6.13. The van der Waals surface area contributed by atoms with Crippen LogP contribution in [-0.4, -0.2) is 24.4 Å². The number of nitrogens with one attached hydrogen (secondary N) is 1. The summed E-state index contributed by atoms with van der Waals surface area (Å²) in [6, 6.07) is 23.8. The Hall–Kier alpha value is -3.55. The summed E-state index contributed by atoms with van der Waals surface area (Å²) >= 11 is 6.48. The van der Waals surface area contributed by atoms with Gasteiger partial charge in [-0.3, -0.25) is 4.79 Å². The lowest BCUT2D eigenvalue weighted by molar-refractivity contribution is -0.115. The molecule has 5 rings (SSSR count). The molecule has 3 aromatic rings. The van der Waals surface area contributed by atoms with Gasteiger partial charge in [-0.1, -0.05) is 72.5 Å². The Labute approximate surface area is 207 Å². The summed E-state index contributed by atoms with van der Waals surface area (Å²) in [5.41, 5.74) is 3.79. The van der Waals surface area contributed by atoms with E-state index in [9.17, 15) is 4.79 Å². The molecule has 170 valence electrons. The number of fused-ring (bicyclic) bond motifs is 1. The fourth-order valence-electron chi connectivity index (χ4n) is 4.20. The molecule has 2 aliphatic heterocycles. The molecule has 34 heavy (non-hydrogen) atoms. The van der Waals surface area contributed by atoms with E-state index in [4.69, 9.17) is 26.4 Å². The van der Waals surface area contributed by atoms with E-state index in [1.54, 1.807) is 14.2 Å². The van der Waals surface area contributed by atoms with E-state index in [0.717, 1.165) is 28.0 Å². The van der Waals surface area contributed by atoms with E-state index in [0.29, 0.717) is 26.5 Å². The van der Waals surface area contributed by atoms with Crippen molar-refractivity contribution in [2.45, 2.75) is 5.92 Å². The highest BCUT2D eigenvalue weighted by Crippen LogP contribution is 2.48. The molecular formula is C27H21NO4S2. The molecule has 0 aliphatic carbocycles. The van der Waals surface area contributed by atoms with Crippen LogP contribution in [0.1, 0.15) is 22.6 Å². The van der Waals surface area contributed by atoms with Gasteiger partial charge in [0.05, 0.1) is 19.1 Å². The van der Waals surface area contributed by atoms with Crippen molar-refractivity contribution in [2.24, 2.45) is 0 Å². The average molecular weight is 488 g/mol. The molecule has 1 fully saturated rings. The van der Waals surface area contributed by atoms with Gasteiger partial charge in [-0.25, -0.2) is 0 Å². The van der Waals surface area contributed by atoms with E-state index >= 15 is 0 Å². The van der Waals surface area contributed by atoms with Crippen molar-refractivity contribution in [3.63, 3.8) is 0 Å². The zero-order valence-electron chi connectivity index (χ0n) is 18.5. The van der Waals surface area contributed by atoms with Gasteiger partial charge in [0.15, 0.2) is 11.5 Å². The fourth-order valence-corrected chi connectivity index (χ4v) is 5.23. The SMILES string of the molecule is COc1ccc(C2=C(/C=C3\SC(=S)NC3=O)C(c3ccccc3)c3ccccc3O2)cc1OC. The van der Waals surface area contributed by atoms with Gasteiger partial charge in [0.25, 0.3) is 5.91 Å². The Bertz CT molecular complexity index is 1350. The number of thiocarbonyl (C=S) groups is 1. The predicted molar refractivity (Wildman–Crippen MR) is 138 cm³/mol. The smallest absolute Gasteiger partial charge is 0.263 e. The highest BCUT2D eigenvalue weighted by atomic mass is 32.2. The van der Waals surface area contributed by atoms with Crippen LogP contribution in [0.5, 0.6) is 17.2 Å². The second kappa shape index (κ2) is 9.37. The van der Waals surface area contributed by atoms with E-state index in [-0.39, 0.29) is 11.8 Å². The van der Waals surface area contributed by atoms with Crippen molar-refractivity contribution in [3.8, 4) is 17.2 Å². The largest absolute Gasteiger partial charge is 0.493 e. The predicted octanol–water partition coefficient (Wildman–Crippen LogP) is 5.67. The summed E-state index contributed by atoms with van der Waals surface area (Å²) in [6.45, 7) is 0. The molecule has 0 spiro atoms. The van der Waals surface area contributed by atoms with Crippen molar-refractivity contribution in [3.05, 3.63) is 106 Å². The first kappa shape index (κ1) is 22.3. The third kappa shape index (κ3) is 4.08. The zero-order valence-corrected chi connectivity index (χ0v) is 20.2. The van der Waals surface area contributed by atoms with Gasteiger partial charge in [-0.2, -0.15) is 0 Å². The first-order valence-corrected chi connectivity index (χ1v) is 11.8. The average Bonchev–Trinajstić information content (AvgIpc) is 3.19. The van der Waals surface area contributed by atoms with Gasteiger partial charge >= 0.3 is 0 Å². The quantitative estimate of drug-likeness (QED) is 0.370. The minimum absolute atomic E-state index is 0.149. The van der Waals surface area contributed by atoms with Crippen LogP contribution >= 0.6 is 24.0 Å². The van der Waals surface area contributed by atoms with Gasteiger partial charge < -0.3 is 19.5 Å². The monoisotopic (exact) mass is 487 g/mol. The maximum absolute atomic E-state index is 12.6. The number of allylic oxidation sites excluding steroid dienone is 2. The highest BCUT2D eigenvalue weighted by molar-refractivity contribution is 8.26. The molecule has 1 amide bonds. The number of para-hydroxylation sites is 1. The van der Waals surface area contributed by atoms with Gasteiger partial charge in [0.2, 0.25) is 0 Å². The number of carbonyl (C=O) groups excluding carboxylic acids is 1. The maximum Gasteiger partial charge on any atom is 0.263 e. The van der Waals surface area contributed by atoms with Gasteiger partial charge in [-0.15, -0.1) is 0 Å². The van der Waals surface area contributed by atoms with Crippen LogP contribution in [0.25, 0.3) is 5.76 Å². The number of hydrogen-bond acceptors (Lipinski definition) is 6.